The SMILES string of the molecule is COc1cc(C)n(CCNS(=O)(=O)c2cc(F)ccc2OC)c(=O)c1. The van der Waals surface area contributed by atoms with Crippen LogP contribution in [0.2, 0.25) is 0 Å². The van der Waals surface area contributed by atoms with Gasteiger partial charge in [0.15, 0.2) is 0 Å². The third-order valence-electron chi connectivity index (χ3n) is 3.59. The molecule has 1 aromatic heterocycles. The molecule has 0 saturated heterocycles. The average molecular weight is 370 g/mol. The lowest BCUT2D eigenvalue weighted by Crippen LogP contribution is -2.31. The third kappa shape index (κ3) is 4.37. The molecule has 7 nitrogen and oxygen atoms in total. The predicted octanol–water partition coefficient (Wildman–Crippen LogP) is 1.29. The summed E-state index contributed by atoms with van der Waals surface area (Å²) in [7, 11) is -1.23. The number of sulfonamides is 1. The molecule has 0 atom stereocenters. The van der Waals surface area contributed by atoms with E-state index < -0.39 is 15.8 Å². The van der Waals surface area contributed by atoms with E-state index in [2.05, 4.69) is 4.72 Å². The zero-order chi connectivity index (χ0) is 18.6. The summed E-state index contributed by atoms with van der Waals surface area (Å²) in [6.07, 6.45) is 0. The molecule has 0 unspecified atom stereocenters. The Morgan fingerprint density at radius 1 is 1.16 bits per heavy atom. The van der Waals surface area contributed by atoms with Crippen molar-refractivity contribution >= 4 is 10.0 Å². The topological polar surface area (TPSA) is 86.6 Å². The molecule has 0 aliphatic rings. The molecular formula is C16H19FN2O5S. The van der Waals surface area contributed by atoms with Crippen molar-refractivity contribution < 1.29 is 22.3 Å². The number of aromatic nitrogens is 1. The lowest BCUT2D eigenvalue weighted by atomic mass is 10.3. The van der Waals surface area contributed by atoms with Gasteiger partial charge in [-0.15, -0.1) is 0 Å². The first-order valence-electron chi connectivity index (χ1n) is 7.37. The molecule has 0 aliphatic heterocycles. The number of methoxy groups -OCH3 is 2. The second-order valence-corrected chi connectivity index (χ2v) is 6.95. The van der Waals surface area contributed by atoms with Crippen LogP contribution in [0.5, 0.6) is 11.5 Å². The Morgan fingerprint density at radius 2 is 1.88 bits per heavy atom. The molecule has 1 aromatic carbocycles. The van der Waals surface area contributed by atoms with Crippen LogP contribution < -0.4 is 19.8 Å². The van der Waals surface area contributed by atoms with Gasteiger partial charge in [0, 0.05) is 24.8 Å². The number of aryl methyl sites for hydroxylation is 1. The number of hydrogen-bond donors (Lipinski definition) is 1. The first-order chi connectivity index (χ1) is 11.8. The van der Waals surface area contributed by atoms with E-state index in [-0.39, 0.29) is 29.3 Å². The van der Waals surface area contributed by atoms with Crippen LogP contribution in [0.3, 0.4) is 0 Å². The van der Waals surface area contributed by atoms with Crippen LogP contribution in [0.25, 0.3) is 0 Å². The first-order valence-corrected chi connectivity index (χ1v) is 8.85. The van der Waals surface area contributed by atoms with Gasteiger partial charge in [-0.1, -0.05) is 0 Å². The second-order valence-electron chi connectivity index (χ2n) is 5.22. The molecule has 1 heterocycles. The smallest absolute Gasteiger partial charge is 0.254 e. The minimum absolute atomic E-state index is 0.0340. The summed E-state index contributed by atoms with van der Waals surface area (Å²) >= 11 is 0. The molecule has 0 fully saturated rings. The fourth-order valence-electron chi connectivity index (χ4n) is 2.33. The first kappa shape index (κ1) is 18.9. The molecule has 2 aromatic rings. The summed E-state index contributed by atoms with van der Waals surface area (Å²) in [4.78, 5) is 11.7. The van der Waals surface area contributed by atoms with Crippen molar-refractivity contribution in [1.29, 1.82) is 0 Å². The van der Waals surface area contributed by atoms with E-state index in [0.29, 0.717) is 11.4 Å². The summed E-state index contributed by atoms with van der Waals surface area (Å²) in [6.45, 7) is 1.79. The number of benzene rings is 1. The van der Waals surface area contributed by atoms with Crippen LogP contribution in [-0.4, -0.2) is 33.7 Å². The lowest BCUT2D eigenvalue weighted by Gasteiger charge is -2.13. The fraction of sp³-hybridized carbons (Fsp3) is 0.312. The highest BCUT2D eigenvalue weighted by molar-refractivity contribution is 7.89. The minimum atomic E-state index is -3.99. The van der Waals surface area contributed by atoms with Crippen LogP contribution in [-0.2, 0) is 16.6 Å². The van der Waals surface area contributed by atoms with E-state index in [1.807, 2.05) is 0 Å². The monoisotopic (exact) mass is 370 g/mol. The van der Waals surface area contributed by atoms with Crippen molar-refractivity contribution in [2.75, 3.05) is 20.8 Å². The molecule has 136 valence electrons. The van der Waals surface area contributed by atoms with Crippen molar-refractivity contribution in [2.45, 2.75) is 18.4 Å². The largest absolute Gasteiger partial charge is 0.496 e. The van der Waals surface area contributed by atoms with E-state index in [0.717, 1.165) is 12.1 Å². The molecular weight excluding hydrogens is 351 g/mol. The van der Waals surface area contributed by atoms with Gasteiger partial charge in [-0.2, -0.15) is 0 Å². The van der Waals surface area contributed by atoms with Gasteiger partial charge in [-0.25, -0.2) is 17.5 Å². The highest BCUT2D eigenvalue weighted by atomic mass is 32.2. The molecule has 0 bridgehead atoms. The number of nitrogens with zero attached hydrogens (tertiary/aromatic N) is 1. The van der Waals surface area contributed by atoms with Gasteiger partial charge in [0.05, 0.1) is 14.2 Å². The van der Waals surface area contributed by atoms with Gasteiger partial charge in [-0.3, -0.25) is 4.79 Å². The molecule has 0 saturated carbocycles. The summed E-state index contributed by atoms with van der Waals surface area (Å²) < 4.78 is 51.8. The Morgan fingerprint density at radius 3 is 2.48 bits per heavy atom. The number of ether oxygens (including phenoxy) is 2. The van der Waals surface area contributed by atoms with E-state index in [9.17, 15) is 17.6 Å². The van der Waals surface area contributed by atoms with Gasteiger partial charge in [-0.05, 0) is 31.2 Å². The predicted molar refractivity (Wildman–Crippen MR) is 90.1 cm³/mol. The zero-order valence-corrected chi connectivity index (χ0v) is 14.9. The van der Waals surface area contributed by atoms with Crippen LogP contribution in [0.4, 0.5) is 4.39 Å². The molecule has 0 radical (unpaired) electrons. The van der Waals surface area contributed by atoms with Crippen molar-refractivity contribution in [2.24, 2.45) is 0 Å². The molecule has 0 amide bonds. The van der Waals surface area contributed by atoms with Gasteiger partial charge in [0.2, 0.25) is 10.0 Å². The van der Waals surface area contributed by atoms with Crippen molar-refractivity contribution in [3.8, 4) is 11.5 Å². The number of hydrogen-bond acceptors (Lipinski definition) is 5. The van der Waals surface area contributed by atoms with Crippen LogP contribution in [0.1, 0.15) is 5.69 Å². The Balaban J connectivity index is 2.17. The number of halogens is 1. The summed E-state index contributed by atoms with van der Waals surface area (Å²) in [6, 6.07) is 6.22. The van der Waals surface area contributed by atoms with Gasteiger partial charge < -0.3 is 14.0 Å². The molecule has 0 spiro atoms. The van der Waals surface area contributed by atoms with Gasteiger partial charge in [0.25, 0.3) is 5.56 Å². The van der Waals surface area contributed by atoms with Crippen molar-refractivity contribution in [3.05, 3.63) is 52.2 Å². The quantitative estimate of drug-likeness (QED) is 0.794. The molecule has 1 N–H and O–H groups in total. The second kappa shape index (κ2) is 7.66. The van der Waals surface area contributed by atoms with Crippen molar-refractivity contribution in [1.82, 2.24) is 9.29 Å². The summed E-state index contributed by atoms with van der Waals surface area (Å²) in [5, 5.41) is 0. The van der Waals surface area contributed by atoms with Crippen LogP contribution in [0.15, 0.2) is 40.0 Å². The fourth-order valence-corrected chi connectivity index (χ4v) is 3.53. The minimum Gasteiger partial charge on any atom is -0.496 e. The van der Waals surface area contributed by atoms with Gasteiger partial charge >= 0.3 is 0 Å². The maximum absolute atomic E-state index is 13.4. The van der Waals surface area contributed by atoms with E-state index in [4.69, 9.17) is 9.47 Å². The maximum atomic E-state index is 13.4. The summed E-state index contributed by atoms with van der Waals surface area (Å²) in [5.41, 5.74) is 0.325. The van der Waals surface area contributed by atoms with E-state index >= 15 is 0 Å². The molecule has 25 heavy (non-hydrogen) atoms. The third-order valence-corrected chi connectivity index (χ3v) is 5.07. The lowest BCUT2D eigenvalue weighted by molar-refractivity contribution is 0.400. The standard InChI is InChI=1S/C16H19FN2O5S/c1-11-8-13(23-2)10-16(20)19(11)7-6-18-25(21,22)15-9-12(17)4-5-14(15)24-3/h4-5,8-10,18H,6-7H2,1-3H3. The maximum Gasteiger partial charge on any atom is 0.254 e. The van der Waals surface area contributed by atoms with E-state index in [1.165, 1.54) is 30.9 Å². The van der Waals surface area contributed by atoms with E-state index in [1.54, 1.807) is 13.0 Å². The normalized spacial score (nSPS) is 11.4. The number of rotatable bonds is 7. The number of nitrogens with one attached hydrogen (secondary N) is 1. The Labute approximate surface area is 145 Å². The highest BCUT2D eigenvalue weighted by Gasteiger charge is 2.20. The molecule has 0 aliphatic carbocycles. The van der Waals surface area contributed by atoms with Crippen LogP contribution >= 0.6 is 0 Å². The Hall–Kier alpha value is -2.39. The van der Waals surface area contributed by atoms with Crippen molar-refractivity contribution in [3.63, 3.8) is 0 Å². The Kier molecular flexibility index (Phi) is 5.81. The molecule has 2 rings (SSSR count). The van der Waals surface area contributed by atoms with Crippen LogP contribution in [0, 0.1) is 12.7 Å². The highest BCUT2D eigenvalue weighted by Crippen LogP contribution is 2.24. The van der Waals surface area contributed by atoms with Gasteiger partial charge in [0.1, 0.15) is 22.2 Å². The average Bonchev–Trinajstić information content (AvgIpc) is 2.57. The zero-order valence-electron chi connectivity index (χ0n) is 14.1. The molecule has 9 heteroatoms. The Bertz CT molecular complexity index is 925. The summed E-state index contributed by atoms with van der Waals surface area (Å²) in [5.74, 6) is -0.223. The number of pyridine rings is 1.